The van der Waals surface area contributed by atoms with E-state index in [1.54, 1.807) is 12.1 Å². The van der Waals surface area contributed by atoms with E-state index in [1.165, 1.54) is 26.4 Å². The summed E-state index contributed by atoms with van der Waals surface area (Å²) in [7, 11) is 1.48. The van der Waals surface area contributed by atoms with E-state index < -0.39 is 5.97 Å². The molecular formula is C17H20O7. The first-order valence-electron chi connectivity index (χ1n) is 7.51. The van der Waals surface area contributed by atoms with Crippen LogP contribution in [0.25, 0.3) is 0 Å². The van der Waals surface area contributed by atoms with Crippen LogP contribution in [-0.4, -0.2) is 37.2 Å². The molecule has 0 aromatic carbocycles. The smallest absolute Gasteiger partial charge is 0.377 e. The number of hydrogen-bond donors (Lipinski definition) is 1. The zero-order chi connectivity index (χ0) is 17.5. The molecule has 0 aliphatic heterocycles. The molecule has 0 spiro atoms. The molecule has 1 N–H and O–H groups in total. The molecule has 130 valence electrons. The molecule has 1 aromatic heterocycles. The summed E-state index contributed by atoms with van der Waals surface area (Å²) < 4.78 is 20.5. The number of carbonyl (C=O) groups is 2. The van der Waals surface area contributed by atoms with Crippen molar-refractivity contribution < 1.29 is 33.3 Å². The Bertz CT molecular complexity index is 636. The van der Waals surface area contributed by atoms with Gasteiger partial charge in [-0.3, -0.25) is 4.79 Å². The largest absolute Gasteiger partial charge is 0.508 e. The second-order valence-corrected chi connectivity index (χ2v) is 5.34. The fourth-order valence-corrected chi connectivity index (χ4v) is 2.33. The van der Waals surface area contributed by atoms with Crippen LogP contribution in [0.1, 0.15) is 31.4 Å². The Morgan fingerprint density at radius 2 is 2.17 bits per heavy atom. The van der Waals surface area contributed by atoms with Crippen molar-refractivity contribution >= 4 is 11.8 Å². The summed E-state index contributed by atoms with van der Waals surface area (Å²) in [6.45, 7) is 1.57. The zero-order valence-electron chi connectivity index (χ0n) is 13.6. The highest BCUT2D eigenvalue weighted by molar-refractivity contribution is 5.92. The minimum atomic E-state index is -0.819. The predicted molar refractivity (Wildman–Crippen MR) is 83.0 cm³/mol. The summed E-state index contributed by atoms with van der Waals surface area (Å²) in [5.74, 6) is -0.847. The van der Waals surface area contributed by atoms with Crippen LogP contribution in [0.4, 0.5) is 0 Å². The Morgan fingerprint density at radius 3 is 2.79 bits per heavy atom. The first-order chi connectivity index (χ1) is 11.5. The lowest BCUT2D eigenvalue weighted by molar-refractivity contribution is -0.144. The van der Waals surface area contributed by atoms with Crippen molar-refractivity contribution in [2.24, 2.45) is 0 Å². The number of ketones is 1. The molecule has 0 fully saturated rings. The first-order valence-corrected chi connectivity index (χ1v) is 7.51. The highest BCUT2D eigenvalue weighted by Gasteiger charge is 2.28. The summed E-state index contributed by atoms with van der Waals surface area (Å²) >= 11 is 0. The van der Waals surface area contributed by atoms with E-state index in [2.05, 4.69) is 0 Å². The third-order valence-electron chi connectivity index (χ3n) is 3.43. The van der Waals surface area contributed by atoms with Gasteiger partial charge in [0.1, 0.15) is 23.9 Å². The van der Waals surface area contributed by atoms with Crippen molar-refractivity contribution in [2.45, 2.75) is 25.7 Å². The molecular weight excluding hydrogens is 316 g/mol. The monoisotopic (exact) mass is 336 g/mol. The molecule has 1 atom stereocenters. The van der Waals surface area contributed by atoms with Crippen LogP contribution in [-0.2, 0) is 23.8 Å². The van der Waals surface area contributed by atoms with Crippen LogP contribution >= 0.6 is 0 Å². The maximum absolute atomic E-state index is 12.0. The number of aliphatic hydroxyl groups excluding tert-OH is 1. The van der Waals surface area contributed by atoms with E-state index in [9.17, 15) is 14.7 Å². The van der Waals surface area contributed by atoms with Gasteiger partial charge in [-0.05, 0) is 19.1 Å². The van der Waals surface area contributed by atoms with Crippen LogP contribution in [0.2, 0.25) is 0 Å². The summed E-state index contributed by atoms with van der Waals surface area (Å²) in [5.41, 5.74) is 0. The van der Waals surface area contributed by atoms with Crippen LogP contribution < -0.4 is 0 Å². The summed E-state index contributed by atoms with van der Waals surface area (Å²) in [5, 5.41) is 9.68. The van der Waals surface area contributed by atoms with Gasteiger partial charge in [-0.15, -0.1) is 0 Å². The Labute approximate surface area is 139 Å². The van der Waals surface area contributed by atoms with Gasteiger partial charge in [0, 0.05) is 31.9 Å². The van der Waals surface area contributed by atoms with E-state index in [-0.39, 0.29) is 42.2 Å². The lowest BCUT2D eigenvalue weighted by atomic mass is 9.90. The lowest BCUT2D eigenvalue weighted by Gasteiger charge is -2.21. The number of hydrogen-bond acceptors (Lipinski definition) is 7. The van der Waals surface area contributed by atoms with Gasteiger partial charge in [0.2, 0.25) is 5.76 Å². The summed E-state index contributed by atoms with van der Waals surface area (Å²) in [6, 6.07) is 3.53. The molecule has 0 unspecified atom stereocenters. The van der Waals surface area contributed by atoms with Crippen molar-refractivity contribution in [3.8, 4) is 0 Å². The quantitative estimate of drug-likeness (QED) is 0.354. The molecule has 0 bridgehead atoms. The molecule has 24 heavy (non-hydrogen) atoms. The van der Waals surface area contributed by atoms with E-state index in [4.69, 9.17) is 18.6 Å². The van der Waals surface area contributed by atoms with Crippen LogP contribution in [0.15, 0.2) is 46.2 Å². The summed E-state index contributed by atoms with van der Waals surface area (Å²) in [6.07, 6.45) is 3.54. The van der Waals surface area contributed by atoms with Gasteiger partial charge in [0.05, 0.1) is 12.9 Å². The molecule has 0 amide bonds. The number of furan rings is 1. The minimum Gasteiger partial charge on any atom is -0.508 e. The van der Waals surface area contributed by atoms with Crippen molar-refractivity contribution in [2.75, 3.05) is 20.3 Å². The van der Waals surface area contributed by atoms with Crippen LogP contribution in [0.5, 0.6) is 0 Å². The van der Waals surface area contributed by atoms with Gasteiger partial charge in [-0.1, -0.05) is 0 Å². The van der Waals surface area contributed by atoms with Gasteiger partial charge < -0.3 is 23.7 Å². The number of allylic oxidation sites excluding steroid dienone is 3. The average Bonchev–Trinajstić information content (AvgIpc) is 3.06. The first kappa shape index (κ1) is 17.8. The molecule has 7 nitrogen and oxygen atoms in total. The number of carbonyl (C=O) groups excluding carboxylic acids is 2. The maximum Gasteiger partial charge on any atom is 0.377 e. The highest BCUT2D eigenvalue weighted by atomic mass is 16.6. The Morgan fingerprint density at radius 1 is 1.38 bits per heavy atom. The second kappa shape index (κ2) is 8.35. The van der Waals surface area contributed by atoms with Gasteiger partial charge >= 0.3 is 5.97 Å². The number of methoxy groups -OCH3 is 1. The standard InChI is InChI=1S/C17H20O7/c1-11(18)16(17(20)23-7-6-21-2)24-14-9-12(8-13(19)10-14)15-4-3-5-22-15/h3-5,10,12,18H,6-9H2,1-2H3/b16-11+/t12-/m0/s1. The molecule has 0 saturated carbocycles. The van der Waals surface area contributed by atoms with Gasteiger partial charge in [-0.25, -0.2) is 4.79 Å². The van der Waals surface area contributed by atoms with E-state index in [1.807, 2.05) is 0 Å². The van der Waals surface area contributed by atoms with Crippen molar-refractivity contribution in [3.05, 3.63) is 47.5 Å². The topological polar surface area (TPSA) is 95.2 Å². The SMILES string of the molecule is COCCOC(=O)/C(OC1=CC(=O)C[C@H](c2ccco2)C1)=C(/C)O. The maximum atomic E-state index is 12.0. The van der Waals surface area contributed by atoms with Crippen LogP contribution in [0, 0.1) is 0 Å². The summed E-state index contributed by atoms with van der Waals surface area (Å²) in [4.78, 5) is 23.9. The highest BCUT2D eigenvalue weighted by Crippen LogP contribution is 2.33. The molecule has 0 saturated heterocycles. The molecule has 7 heteroatoms. The third kappa shape index (κ3) is 4.73. The van der Waals surface area contributed by atoms with Gasteiger partial charge in [0.15, 0.2) is 5.78 Å². The fourth-order valence-electron chi connectivity index (χ4n) is 2.33. The zero-order valence-corrected chi connectivity index (χ0v) is 13.6. The molecule has 0 radical (unpaired) electrons. The fraction of sp³-hybridized carbons (Fsp3) is 0.412. The number of aliphatic hydroxyl groups is 1. The van der Waals surface area contributed by atoms with Crippen LogP contribution in [0.3, 0.4) is 0 Å². The Hall–Kier alpha value is -2.54. The number of ether oxygens (including phenoxy) is 3. The lowest BCUT2D eigenvalue weighted by Crippen LogP contribution is -2.18. The average molecular weight is 336 g/mol. The second-order valence-electron chi connectivity index (χ2n) is 5.34. The van der Waals surface area contributed by atoms with Crippen molar-refractivity contribution in [1.29, 1.82) is 0 Å². The van der Waals surface area contributed by atoms with Gasteiger partial charge in [-0.2, -0.15) is 0 Å². The molecule has 1 aromatic rings. The molecule has 1 heterocycles. The number of rotatable bonds is 7. The van der Waals surface area contributed by atoms with Gasteiger partial charge in [0.25, 0.3) is 0 Å². The normalized spacial score (nSPS) is 18.7. The van der Waals surface area contributed by atoms with E-state index in [0.29, 0.717) is 18.6 Å². The number of esters is 1. The van der Waals surface area contributed by atoms with E-state index in [0.717, 1.165) is 0 Å². The third-order valence-corrected chi connectivity index (χ3v) is 3.43. The predicted octanol–water partition coefficient (Wildman–Crippen LogP) is 2.61. The van der Waals surface area contributed by atoms with E-state index >= 15 is 0 Å². The molecule has 2 rings (SSSR count). The van der Waals surface area contributed by atoms with Crippen molar-refractivity contribution in [3.63, 3.8) is 0 Å². The molecule has 1 aliphatic carbocycles. The van der Waals surface area contributed by atoms with Crippen molar-refractivity contribution in [1.82, 2.24) is 0 Å². The molecule has 1 aliphatic rings. The Kier molecular flexibility index (Phi) is 6.20. The minimum absolute atomic E-state index is 0.0302. The Balaban J connectivity index is 2.07.